The molecule has 1 N–H and O–H groups in total. The van der Waals surface area contributed by atoms with Gasteiger partial charge in [0.15, 0.2) is 5.13 Å². The number of nitriles is 1. The van der Waals surface area contributed by atoms with Crippen LogP contribution in [-0.4, -0.2) is 21.6 Å². The fraction of sp³-hybridized carbons (Fsp3) is 0.259. The highest BCUT2D eigenvalue weighted by atomic mass is 32.2. The number of aromatic nitrogens is 2. The lowest BCUT2D eigenvalue weighted by atomic mass is 10.1. The monoisotopic (exact) mass is 484 g/mol. The van der Waals surface area contributed by atoms with Gasteiger partial charge in [-0.1, -0.05) is 42.8 Å². The third kappa shape index (κ3) is 5.14. The van der Waals surface area contributed by atoms with Gasteiger partial charge in [0.2, 0.25) is 5.91 Å². The Hall–Kier alpha value is -3.21. The average Bonchev–Trinajstić information content (AvgIpc) is 3.20. The first kappa shape index (κ1) is 22.6. The molecule has 0 radical (unpaired) electrons. The maximum Gasteiger partial charge on any atom is 0.226 e. The van der Waals surface area contributed by atoms with Crippen molar-refractivity contribution in [1.82, 2.24) is 9.97 Å². The predicted molar refractivity (Wildman–Crippen MR) is 139 cm³/mol. The summed E-state index contributed by atoms with van der Waals surface area (Å²) in [5, 5.41) is 18.1. The molecular weight excluding hydrogens is 460 g/mol. The molecule has 0 aliphatic heterocycles. The number of benzene rings is 2. The van der Waals surface area contributed by atoms with Crippen LogP contribution in [0.3, 0.4) is 0 Å². The van der Waals surface area contributed by atoms with Crippen molar-refractivity contribution in [3.05, 3.63) is 70.7 Å². The van der Waals surface area contributed by atoms with E-state index < -0.39 is 0 Å². The number of fused-ring (bicyclic) bond motifs is 2. The number of hydrogen-bond donors (Lipinski definition) is 1. The molecule has 34 heavy (non-hydrogen) atoms. The molecule has 0 fully saturated rings. The maximum absolute atomic E-state index is 12.5. The Kier molecular flexibility index (Phi) is 6.89. The molecule has 0 bridgehead atoms. The quantitative estimate of drug-likeness (QED) is 0.246. The topological polar surface area (TPSA) is 78.7 Å². The minimum Gasteiger partial charge on any atom is -0.302 e. The zero-order valence-corrected chi connectivity index (χ0v) is 20.3. The fourth-order valence-electron chi connectivity index (χ4n) is 4.22. The molecule has 170 valence electrons. The Balaban J connectivity index is 1.19. The van der Waals surface area contributed by atoms with Crippen molar-refractivity contribution >= 4 is 44.9 Å². The Bertz CT molecular complexity index is 1390. The first-order chi connectivity index (χ1) is 16.7. The summed E-state index contributed by atoms with van der Waals surface area (Å²) in [7, 11) is 0. The lowest BCUT2D eigenvalue weighted by Gasteiger charge is -2.09. The summed E-state index contributed by atoms with van der Waals surface area (Å²) in [4.78, 5) is 21.9. The van der Waals surface area contributed by atoms with Gasteiger partial charge in [-0.05, 0) is 54.2 Å². The molecule has 2 aromatic carbocycles. The molecule has 1 aliphatic carbocycles. The Labute approximate surface area is 207 Å². The van der Waals surface area contributed by atoms with Crippen LogP contribution in [0, 0.1) is 11.3 Å². The van der Waals surface area contributed by atoms with E-state index in [1.165, 1.54) is 45.9 Å². The fourth-order valence-corrected chi connectivity index (χ4v) is 5.87. The van der Waals surface area contributed by atoms with Crippen molar-refractivity contribution < 1.29 is 4.79 Å². The minimum atomic E-state index is -0.0832. The van der Waals surface area contributed by atoms with E-state index in [4.69, 9.17) is 4.98 Å². The molecule has 1 aliphatic rings. The molecule has 0 atom stereocenters. The van der Waals surface area contributed by atoms with Crippen molar-refractivity contribution in [2.24, 2.45) is 0 Å². The van der Waals surface area contributed by atoms with E-state index in [1.54, 1.807) is 0 Å². The van der Waals surface area contributed by atoms with Crippen LogP contribution < -0.4 is 5.32 Å². The highest BCUT2D eigenvalue weighted by Gasteiger charge is 2.15. The zero-order chi connectivity index (χ0) is 23.3. The largest absolute Gasteiger partial charge is 0.302 e. The van der Waals surface area contributed by atoms with Crippen molar-refractivity contribution in [2.45, 2.75) is 43.6 Å². The number of thiazole rings is 1. The summed E-state index contributed by atoms with van der Waals surface area (Å²) in [6, 6.07) is 18.8. The lowest BCUT2D eigenvalue weighted by Crippen LogP contribution is -2.12. The second kappa shape index (κ2) is 10.4. The minimum absolute atomic E-state index is 0.0832. The molecule has 0 saturated carbocycles. The highest BCUT2D eigenvalue weighted by Crippen LogP contribution is 2.29. The number of carbonyl (C=O) groups is 1. The van der Waals surface area contributed by atoms with Crippen LogP contribution in [-0.2, 0) is 17.6 Å². The van der Waals surface area contributed by atoms with E-state index in [0.29, 0.717) is 22.9 Å². The van der Waals surface area contributed by atoms with Crippen molar-refractivity contribution in [3.63, 3.8) is 0 Å². The number of aryl methyl sites for hydroxylation is 2. The summed E-state index contributed by atoms with van der Waals surface area (Å²) in [6.07, 6.45) is 5.82. The number of carbonyl (C=O) groups excluding carboxylic acids is 1. The number of amides is 1. The van der Waals surface area contributed by atoms with E-state index >= 15 is 0 Å². The lowest BCUT2D eigenvalue weighted by molar-refractivity contribution is -0.115. The van der Waals surface area contributed by atoms with E-state index in [1.807, 2.05) is 23.6 Å². The average molecular weight is 485 g/mol. The van der Waals surface area contributed by atoms with Crippen molar-refractivity contribution in [1.29, 1.82) is 5.26 Å². The molecule has 2 aromatic heterocycles. The second-order valence-electron chi connectivity index (χ2n) is 8.37. The first-order valence-corrected chi connectivity index (χ1v) is 13.4. The smallest absolute Gasteiger partial charge is 0.226 e. The molecule has 7 heteroatoms. The Morgan fingerprint density at radius 3 is 2.79 bits per heavy atom. The summed E-state index contributed by atoms with van der Waals surface area (Å²) < 4.78 is 0. The molecule has 5 nitrogen and oxygen atoms in total. The SMILES string of the molecule is N#Cc1cc2c(nc1SCCC(=O)Nc1nc(-c3ccc4ccccc4c3)cs1)CCCCC2. The van der Waals surface area contributed by atoms with E-state index in [2.05, 4.69) is 46.7 Å². The third-order valence-corrected chi connectivity index (χ3v) is 7.75. The van der Waals surface area contributed by atoms with Crippen LogP contribution in [0.5, 0.6) is 0 Å². The van der Waals surface area contributed by atoms with Crippen LogP contribution >= 0.6 is 23.1 Å². The van der Waals surface area contributed by atoms with Gasteiger partial charge < -0.3 is 5.32 Å². The van der Waals surface area contributed by atoms with E-state index in [0.717, 1.165) is 47.7 Å². The predicted octanol–water partition coefficient (Wildman–Crippen LogP) is 6.62. The standard InChI is InChI=1S/C27H24N4OS2/c28-16-22-15-20-8-2-1-3-9-23(20)29-26(22)33-13-12-25(32)31-27-30-24(17-34-27)21-11-10-18-6-4-5-7-19(18)14-21/h4-7,10-11,14-15,17H,1-3,8-9,12-13H2,(H,30,31,32). The number of nitrogens with zero attached hydrogens (tertiary/aromatic N) is 3. The van der Waals surface area contributed by atoms with Crippen molar-refractivity contribution in [2.75, 3.05) is 11.1 Å². The van der Waals surface area contributed by atoms with Crippen LogP contribution in [0.4, 0.5) is 5.13 Å². The molecule has 4 aromatic rings. The number of rotatable bonds is 6. The van der Waals surface area contributed by atoms with Gasteiger partial charge in [-0.2, -0.15) is 5.26 Å². The summed E-state index contributed by atoms with van der Waals surface area (Å²) in [5.41, 5.74) is 4.83. The molecular formula is C27H24N4OS2. The van der Waals surface area contributed by atoms with Gasteiger partial charge in [0.25, 0.3) is 0 Å². The normalized spacial score (nSPS) is 13.1. The molecule has 0 saturated heterocycles. The van der Waals surface area contributed by atoms with Crippen LogP contribution in [0.1, 0.15) is 42.5 Å². The molecule has 1 amide bonds. The maximum atomic E-state index is 12.5. The van der Waals surface area contributed by atoms with E-state index in [-0.39, 0.29) is 5.91 Å². The number of anilines is 1. The third-order valence-electron chi connectivity index (χ3n) is 6.00. The summed E-state index contributed by atoms with van der Waals surface area (Å²) in [5.74, 6) is 0.482. The summed E-state index contributed by atoms with van der Waals surface area (Å²) in [6.45, 7) is 0. The molecule has 0 spiro atoms. The van der Waals surface area contributed by atoms with Gasteiger partial charge in [0.1, 0.15) is 11.1 Å². The van der Waals surface area contributed by atoms with Gasteiger partial charge in [-0.3, -0.25) is 4.79 Å². The van der Waals surface area contributed by atoms with Gasteiger partial charge >= 0.3 is 0 Å². The first-order valence-electron chi connectivity index (χ1n) is 11.5. The number of thioether (sulfide) groups is 1. The van der Waals surface area contributed by atoms with Crippen LogP contribution in [0.2, 0.25) is 0 Å². The van der Waals surface area contributed by atoms with Crippen LogP contribution in [0.15, 0.2) is 58.9 Å². The highest BCUT2D eigenvalue weighted by molar-refractivity contribution is 7.99. The Morgan fingerprint density at radius 2 is 1.91 bits per heavy atom. The molecule has 0 unspecified atom stereocenters. The Morgan fingerprint density at radius 1 is 1.06 bits per heavy atom. The number of hydrogen-bond acceptors (Lipinski definition) is 6. The van der Waals surface area contributed by atoms with Crippen LogP contribution in [0.25, 0.3) is 22.0 Å². The number of pyridine rings is 1. The van der Waals surface area contributed by atoms with Gasteiger partial charge in [0, 0.05) is 28.8 Å². The van der Waals surface area contributed by atoms with Gasteiger partial charge in [-0.15, -0.1) is 23.1 Å². The number of nitrogens with one attached hydrogen (secondary N) is 1. The molecule has 2 heterocycles. The van der Waals surface area contributed by atoms with Gasteiger partial charge in [0.05, 0.1) is 11.3 Å². The molecule has 5 rings (SSSR count). The van der Waals surface area contributed by atoms with Gasteiger partial charge in [-0.25, -0.2) is 9.97 Å². The zero-order valence-electron chi connectivity index (χ0n) is 18.7. The second-order valence-corrected chi connectivity index (χ2v) is 10.3. The summed E-state index contributed by atoms with van der Waals surface area (Å²) >= 11 is 2.91. The van der Waals surface area contributed by atoms with Crippen molar-refractivity contribution in [3.8, 4) is 17.3 Å². The van der Waals surface area contributed by atoms with E-state index in [9.17, 15) is 10.1 Å².